The van der Waals surface area contributed by atoms with Gasteiger partial charge in [0.15, 0.2) is 0 Å². The number of nitrogens with zero attached hydrogens (tertiary/aromatic N) is 1. The second kappa shape index (κ2) is 7.35. The molecule has 0 saturated carbocycles. The number of sulfonamides is 1. The Morgan fingerprint density at radius 3 is 2.47 bits per heavy atom. The molecule has 1 aromatic heterocycles. The highest BCUT2D eigenvalue weighted by Crippen LogP contribution is 2.41. The Labute approximate surface area is 175 Å². The molecular formula is C25H20N2O2S. The summed E-state index contributed by atoms with van der Waals surface area (Å²) in [5, 5.41) is 2.30. The molecule has 3 aromatic carbocycles. The molecule has 0 bridgehead atoms. The molecule has 1 aliphatic rings. The summed E-state index contributed by atoms with van der Waals surface area (Å²) in [7, 11) is -3.75. The van der Waals surface area contributed by atoms with Crippen LogP contribution >= 0.6 is 0 Å². The van der Waals surface area contributed by atoms with Gasteiger partial charge in [-0.3, -0.25) is 4.31 Å². The van der Waals surface area contributed by atoms with Gasteiger partial charge in [-0.2, -0.15) is 0 Å². The van der Waals surface area contributed by atoms with Gasteiger partial charge in [0.1, 0.15) is 0 Å². The molecular weight excluding hydrogens is 392 g/mol. The lowest BCUT2D eigenvalue weighted by molar-refractivity contribution is 0.595. The van der Waals surface area contributed by atoms with E-state index in [9.17, 15) is 8.42 Å². The van der Waals surface area contributed by atoms with Crippen LogP contribution in [0.1, 0.15) is 22.7 Å². The molecule has 5 rings (SSSR count). The van der Waals surface area contributed by atoms with Crippen LogP contribution in [0.2, 0.25) is 0 Å². The molecule has 0 unspecified atom stereocenters. The molecule has 5 heteroatoms. The van der Waals surface area contributed by atoms with Crippen molar-refractivity contribution in [1.29, 1.82) is 0 Å². The van der Waals surface area contributed by atoms with Crippen molar-refractivity contribution < 1.29 is 8.42 Å². The lowest BCUT2D eigenvalue weighted by atomic mass is 9.99. The summed E-state index contributed by atoms with van der Waals surface area (Å²) in [4.78, 5) is 3.27. The lowest BCUT2D eigenvalue weighted by Gasteiger charge is -2.33. The first-order chi connectivity index (χ1) is 14.6. The molecule has 1 atom stereocenters. The average Bonchev–Trinajstić information content (AvgIpc) is 3.22. The largest absolute Gasteiger partial charge is 0.361 e. The summed E-state index contributed by atoms with van der Waals surface area (Å²) < 4.78 is 28.6. The van der Waals surface area contributed by atoms with E-state index in [4.69, 9.17) is 0 Å². The van der Waals surface area contributed by atoms with Crippen LogP contribution < -0.4 is 4.31 Å². The van der Waals surface area contributed by atoms with E-state index in [2.05, 4.69) is 4.98 Å². The van der Waals surface area contributed by atoms with E-state index < -0.39 is 16.1 Å². The van der Waals surface area contributed by atoms with Crippen molar-refractivity contribution in [1.82, 2.24) is 4.98 Å². The van der Waals surface area contributed by atoms with E-state index >= 15 is 0 Å². The Bertz CT molecular complexity index is 1370. The predicted octanol–water partition coefficient (Wildman–Crippen LogP) is 5.74. The molecule has 1 aliphatic heterocycles. The van der Waals surface area contributed by atoms with E-state index in [1.807, 2.05) is 97.2 Å². The van der Waals surface area contributed by atoms with Crippen molar-refractivity contribution >= 4 is 38.8 Å². The molecule has 2 heterocycles. The van der Waals surface area contributed by atoms with Crippen LogP contribution in [0.3, 0.4) is 0 Å². The fraction of sp³-hybridized carbons (Fsp3) is 0.0400. The Hall–Kier alpha value is -3.57. The second-order valence-electron chi connectivity index (χ2n) is 7.21. The number of rotatable bonds is 4. The Kier molecular flexibility index (Phi) is 4.52. The monoisotopic (exact) mass is 412 g/mol. The summed E-state index contributed by atoms with van der Waals surface area (Å²) >= 11 is 0. The molecule has 148 valence electrons. The van der Waals surface area contributed by atoms with Crippen molar-refractivity contribution in [3.05, 3.63) is 113 Å². The van der Waals surface area contributed by atoms with Gasteiger partial charge < -0.3 is 4.98 Å². The summed E-state index contributed by atoms with van der Waals surface area (Å²) in [6.07, 6.45) is 7.49. The fourth-order valence-electron chi connectivity index (χ4n) is 3.91. The number of fused-ring (bicyclic) bond motifs is 2. The number of hydrogen-bond acceptors (Lipinski definition) is 2. The molecule has 4 nitrogen and oxygen atoms in total. The maximum atomic E-state index is 13.6. The highest BCUT2D eigenvalue weighted by Gasteiger charge is 2.33. The zero-order valence-corrected chi connectivity index (χ0v) is 17.0. The van der Waals surface area contributed by atoms with Gasteiger partial charge in [-0.1, -0.05) is 78.9 Å². The number of aromatic amines is 1. The number of hydrogen-bond donors (Lipinski definition) is 1. The van der Waals surface area contributed by atoms with Crippen LogP contribution in [0.15, 0.2) is 96.5 Å². The third-order valence-corrected chi connectivity index (χ3v) is 6.78. The standard InChI is InChI=1S/C25H20N2O2S/c28-30(29,17-16-19-8-2-1-3-9-19)27-24-13-7-4-10-20(24)14-15-25(27)22-18-26-23-12-6-5-11-21(22)23/h1-18,25-26H/b17-16+/t25-/m1/s1. The Morgan fingerprint density at radius 1 is 0.867 bits per heavy atom. The smallest absolute Gasteiger partial charge is 0.258 e. The molecule has 1 N–H and O–H groups in total. The van der Waals surface area contributed by atoms with Gasteiger partial charge in [0.25, 0.3) is 10.0 Å². The predicted molar refractivity (Wildman–Crippen MR) is 123 cm³/mol. The van der Waals surface area contributed by atoms with Crippen LogP contribution in [0.5, 0.6) is 0 Å². The van der Waals surface area contributed by atoms with Crippen molar-refractivity contribution in [2.24, 2.45) is 0 Å². The number of para-hydroxylation sites is 2. The van der Waals surface area contributed by atoms with Gasteiger partial charge in [-0.05, 0) is 29.3 Å². The normalized spacial score (nSPS) is 16.3. The fourth-order valence-corrected chi connectivity index (χ4v) is 5.31. The lowest BCUT2D eigenvalue weighted by Crippen LogP contribution is -2.34. The van der Waals surface area contributed by atoms with Crippen LogP contribution in [-0.4, -0.2) is 13.4 Å². The first kappa shape index (κ1) is 18.5. The minimum Gasteiger partial charge on any atom is -0.361 e. The van der Waals surface area contributed by atoms with Crippen molar-refractivity contribution in [2.75, 3.05) is 4.31 Å². The highest BCUT2D eigenvalue weighted by molar-refractivity contribution is 7.95. The Morgan fingerprint density at radius 2 is 1.60 bits per heavy atom. The maximum absolute atomic E-state index is 13.6. The first-order valence-electron chi connectivity index (χ1n) is 9.74. The van der Waals surface area contributed by atoms with E-state index in [1.54, 1.807) is 6.08 Å². The summed E-state index contributed by atoms with van der Waals surface area (Å²) in [6.45, 7) is 0. The first-order valence-corrected chi connectivity index (χ1v) is 11.2. The van der Waals surface area contributed by atoms with Gasteiger partial charge in [-0.25, -0.2) is 8.42 Å². The van der Waals surface area contributed by atoms with Crippen molar-refractivity contribution in [2.45, 2.75) is 6.04 Å². The minimum absolute atomic E-state index is 0.443. The Balaban J connectivity index is 1.65. The molecule has 0 spiro atoms. The van der Waals surface area contributed by atoms with Crippen LogP contribution in [0.25, 0.3) is 23.1 Å². The number of aromatic nitrogens is 1. The SMILES string of the molecule is O=S(=O)(/C=C/c1ccccc1)N1c2ccccc2C=C[C@@H]1c1c[nH]c2ccccc12. The topological polar surface area (TPSA) is 53.2 Å². The van der Waals surface area contributed by atoms with Gasteiger partial charge in [0, 0.05) is 22.7 Å². The molecule has 4 aromatic rings. The molecule has 0 radical (unpaired) electrons. The van der Waals surface area contributed by atoms with Gasteiger partial charge in [0.2, 0.25) is 0 Å². The number of benzene rings is 3. The number of anilines is 1. The zero-order chi connectivity index (χ0) is 20.6. The summed E-state index contributed by atoms with van der Waals surface area (Å²) in [6, 6.07) is 24.5. The van der Waals surface area contributed by atoms with Crippen LogP contribution in [-0.2, 0) is 10.0 Å². The quantitative estimate of drug-likeness (QED) is 0.464. The van der Waals surface area contributed by atoms with E-state index in [1.165, 1.54) is 9.71 Å². The second-order valence-corrected chi connectivity index (χ2v) is 8.90. The maximum Gasteiger partial charge on any atom is 0.258 e. The van der Waals surface area contributed by atoms with Gasteiger partial charge in [0.05, 0.1) is 17.1 Å². The summed E-state index contributed by atoms with van der Waals surface area (Å²) in [5.41, 5.74) is 4.30. The average molecular weight is 413 g/mol. The van der Waals surface area contributed by atoms with Crippen LogP contribution in [0.4, 0.5) is 5.69 Å². The van der Waals surface area contributed by atoms with E-state index in [0.717, 1.165) is 27.6 Å². The van der Waals surface area contributed by atoms with E-state index in [0.29, 0.717) is 5.69 Å². The third-order valence-electron chi connectivity index (χ3n) is 5.33. The van der Waals surface area contributed by atoms with Gasteiger partial charge in [-0.15, -0.1) is 0 Å². The molecule has 0 aliphatic carbocycles. The molecule has 30 heavy (non-hydrogen) atoms. The molecule has 0 fully saturated rings. The highest BCUT2D eigenvalue weighted by atomic mass is 32.2. The van der Waals surface area contributed by atoms with Crippen molar-refractivity contribution in [3.8, 4) is 0 Å². The minimum atomic E-state index is -3.75. The summed E-state index contributed by atoms with van der Waals surface area (Å²) in [5.74, 6) is 0. The number of nitrogens with one attached hydrogen (secondary N) is 1. The van der Waals surface area contributed by atoms with Crippen molar-refractivity contribution in [3.63, 3.8) is 0 Å². The molecule has 0 amide bonds. The molecule has 0 saturated heterocycles. The third kappa shape index (κ3) is 3.23. The van der Waals surface area contributed by atoms with Crippen LogP contribution in [0, 0.1) is 0 Å². The van der Waals surface area contributed by atoms with Gasteiger partial charge >= 0.3 is 0 Å². The van der Waals surface area contributed by atoms with E-state index in [-0.39, 0.29) is 0 Å². The zero-order valence-electron chi connectivity index (χ0n) is 16.1. The number of H-pyrrole nitrogens is 1.